The zero-order chi connectivity index (χ0) is 19.5. The fourth-order valence-corrected chi connectivity index (χ4v) is 4.47. The quantitative estimate of drug-likeness (QED) is 0.492. The summed E-state index contributed by atoms with van der Waals surface area (Å²) >= 11 is 0. The van der Waals surface area contributed by atoms with Gasteiger partial charge in [0.05, 0.1) is 25.1 Å². The van der Waals surface area contributed by atoms with E-state index >= 15 is 0 Å². The lowest BCUT2D eigenvalue weighted by Crippen LogP contribution is -2.35. The fraction of sp³-hybridized carbons (Fsp3) is 0.421. The molecule has 2 heterocycles. The van der Waals surface area contributed by atoms with Gasteiger partial charge in [-0.1, -0.05) is 30.3 Å². The molecule has 2 fully saturated rings. The number of hydrogen-bond donors (Lipinski definition) is 4. The summed E-state index contributed by atoms with van der Waals surface area (Å²) in [6.07, 6.45) is 0.179. The number of fused-ring (bicyclic) bond motifs is 2. The van der Waals surface area contributed by atoms with Crippen LogP contribution in [0.1, 0.15) is 18.0 Å². The van der Waals surface area contributed by atoms with Crippen LogP contribution in [0.2, 0.25) is 0 Å². The number of aliphatic hydroxyl groups excluding tert-OH is 3. The number of nitrogen functional groups attached to an aromatic ring is 1. The van der Waals surface area contributed by atoms with Gasteiger partial charge in [-0.3, -0.25) is 0 Å². The maximum Gasteiger partial charge on any atom is 0.320 e. The Labute approximate surface area is 160 Å². The number of rotatable bonds is 5. The molecule has 0 bridgehead atoms. The number of anilines is 1. The standard InChI is InChI=1S/C19H21N5O4/c20-16-12-17(23-18(22-16)28-7-10-4-2-1-3-5-10)24(9-21-12)13-11-6-19(11,8-25)15(27)14(13)26/h1-5,9,11,13-15,25-27H,6-8H2,(H2,20,22,23)/t11-,13-,14?,15?,19+/m1/s1. The van der Waals surface area contributed by atoms with Crippen molar-refractivity contribution in [1.29, 1.82) is 0 Å². The van der Waals surface area contributed by atoms with Crippen molar-refractivity contribution in [2.24, 2.45) is 11.3 Å². The second-order valence-electron chi connectivity index (χ2n) is 7.62. The van der Waals surface area contributed by atoms with E-state index in [0.29, 0.717) is 24.2 Å². The lowest BCUT2D eigenvalue weighted by Gasteiger charge is -2.23. The predicted octanol–water partition coefficient (Wildman–Crippen LogP) is 0.263. The van der Waals surface area contributed by atoms with Gasteiger partial charge in [0.25, 0.3) is 0 Å². The average molecular weight is 383 g/mol. The smallest absolute Gasteiger partial charge is 0.320 e. The highest BCUT2D eigenvalue weighted by atomic mass is 16.5. The van der Waals surface area contributed by atoms with E-state index in [9.17, 15) is 15.3 Å². The second kappa shape index (κ2) is 6.13. The number of aromatic nitrogens is 4. The SMILES string of the molecule is Nc1nc(OCc2ccccc2)nc2c1ncn2[C@H]1C(O)C(O)[C@]2(CO)C[C@H]12. The van der Waals surface area contributed by atoms with E-state index in [-0.39, 0.29) is 24.4 Å². The summed E-state index contributed by atoms with van der Waals surface area (Å²) in [6.45, 7) is 0.128. The van der Waals surface area contributed by atoms with Gasteiger partial charge in [0, 0.05) is 5.41 Å². The Morgan fingerprint density at radius 2 is 2.00 bits per heavy atom. The maximum atomic E-state index is 10.6. The minimum absolute atomic E-state index is 0.0511. The third kappa shape index (κ3) is 2.40. The molecule has 2 aliphatic rings. The van der Waals surface area contributed by atoms with E-state index in [2.05, 4.69) is 15.0 Å². The minimum Gasteiger partial charge on any atom is -0.458 e. The van der Waals surface area contributed by atoms with E-state index < -0.39 is 23.7 Å². The Balaban J connectivity index is 1.49. The zero-order valence-electron chi connectivity index (χ0n) is 15.0. The summed E-state index contributed by atoms with van der Waals surface area (Å²) in [5.74, 6) is 0.133. The fourth-order valence-electron chi connectivity index (χ4n) is 4.47. The van der Waals surface area contributed by atoms with Crippen LogP contribution in [0.15, 0.2) is 36.7 Å². The molecule has 9 heteroatoms. The van der Waals surface area contributed by atoms with Crippen LogP contribution in [-0.4, -0.2) is 53.7 Å². The van der Waals surface area contributed by atoms with Gasteiger partial charge in [-0.15, -0.1) is 0 Å². The van der Waals surface area contributed by atoms with Crippen molar-refractivity contribution in [3.63, 3.8) is 0 Å². The van der Waals surface area contributed by atoms with Crippen LogP contribution in [0.5, 0.6) is 6.01 Å². The lowest BCUT2D eigenvalue weighted by molar-refractivity contribution is -0.0300. The Kier molecular flexibility index (Phi) is 3.80. The number of ether oxygens (including phenoxy) is 1. The van der Waals surface area contributed by atoms with Crippen molar-refractivity contribution >= 4 is 17.0 Å². The Bertz CT molecular complexity index is 1030. The van der Waals surface area contributed by atoms with Gasteiger partial charge in [0.1, 0.15) is 12.7 Å². The van der Waals surface area contributed by atoms with Crippen LogP contribution >= 0.6 is 0 Å². The molecule has 0 saturated heterocycles. The van der Waals surface area contributed by atoms with Gasteiger partial charge in [-0.2, -0.15) is 9.97 Å². The lowest BCUT2D eigenvalue weighted by atomic mass is 10.0. The molecule has 0 spiro atoms. The second-order valence-corrected chi connectivity index (χ2v) is 7.62. The van der Waals surface area contributed by atoms with Crippen LogP contribution in [0.25, 0.3) is 11.2 Å². The van der Waals surface area contributed by atoms with E-state index in [1.54, 1.807) is 10.9 Å². The molecule has 2 saturated carbocycles. The summed E-state index contributed by atoms with van der Waals surface area (Å²) in [4.78, 5) is 12.9. The molecule has 1 aromatic carbocycles. The summed E-state index contributed by atoms with van der Waals surface area (Å²) in [5, 5.41) is 30.6. The minimum atomic E-state index is -1.02. The third-order valence-electron chi connectivity index (χ3n) is 6.11. The van der Waals surface area contributed by atoms with Crippen molar-refractivity contribution in [3.05, 3.63) is 42.2 Å². The first-order chi connectivity index (χ1) is 13.5. The van der Waals surface area contributed by atoms with E-state index in [4.69, 9.17) is 10.5 Å². The van der Waals surface area contributed by atoms with Gasteiger partial charge >= 0.3 is 6.01 Å². The van der Waals surface area contributed by atoms with E-state index in [1.807, 2.05) is 30.3 Å². The van der Waals surface area contributed by atoms with Crippen LogP contribution in [0.3, 0.4) is 0 Å². The van der Waals surface area contributed by atoms with Gasteiger partial charge < -0.3 is 30.4 Å². The van der Waals surface area contributed by atoms with Crippen molar-refractivity contribution in [2.75, 3.05) is 12.3 Å². The van der Waals surface area contributed by atoms with Crippen LogP contribution in [0.4, 0.5) is 5.82 Å². The molecule has 146 valence electrons. The molecule has 0 aliphatic heterocycles. The number of nitrogens with zero attached hydrogens (tertiary/aromatic N) is 4. The molecule has 0 amide bonds. The number of imidazole rings is 1. The van der Waals surface area contributed by atoms with Gasteiger partial charge in [-0.25, -0.2) is 4.98 Å². The summed E-state index contributed by atoms with van der Waals surface area (Å²) in [7, 11) is 0. The topological polar surface area (TPSA) is 140 Å². The normalized spacial score (nSPS) is 31.1. The molecule has 28 heavy (non-hydrogen) atoms. The molecule has 2 unspecified atom stereocenters. The Hall–Kier alpha value is -2.75. The summed E-state index contributed by atoms with van der Waals surface area (Å²) in [6, 6.07) is 9.31. The van der Waals surface area contributed by atoms with Crippen molar-refractivity contribution in [1.82, 2.24) is 19.5 Å². The number of nitrogens with two attached hydrogens (primary N) is 1. The van der Waals surface area contributed by atoms with E-state index in [0.717, 1.165) is 5.56 Å². The summed E-state index contributed by atoms with van der Waals surface area (Å²) in [5.41, 5.74) is 7.21. The first-order valence-electron chi connectivity index (χ1n) is 9.19. The molecular weight excluding hydrogens is 362 g/mol. The summed E-state index contributed by atoms with van der Waals surface area (Å²) < 4.78 is 7.41. The highest BCUT2D eigenvalue weighted by molar-refractivity contribution is 5.82. The van der Waals surface area contributed by atoms with E-state index in [1.165, 1.54) is 0 Å². The van der Waals surface area contributed by atoms with Crippen molar-refractivity contribution < 1.29 is 20.1 Å². The van der Waals surface area contributed by atoms with Crippen LogP contribution in [0, 0.1) is 11.3 Å². The number of hydrogen-bond acceptors (Lipinski definition) is 8. The number of aliphatic hydroxyl groups is 3. The highest BCUT2D eigenvalue weighted by Crippen LogP contribution is 2.67. The van der Waals surface area contributed by atoms with Crippen molar-refractivity contribution in [2.45, 2.75) is 31.3 Å². The first kappa shape index (κ1) is 17.4. The van der Waals surface area contributed by atoms with Gasteiger partial charge in [0.15, 0.2) is 17.0 Å². The molecule has 5 N–H and O–H groups in total. The molecule has 5 rings (SSSR count). The third-order valence-corrected chi connectivity index (χ3v) is 6.11. The molecule has 2 aliphatic carbocycles. The Morgan fingerprint density at radius 3 is 2.71 bits per heavy atom. The monoisotopic (exact) mass is 383 g/mol. The highest BCUT2D eigenvalue weighted by Gasteiger charge is 2.71. The van der Waals surface area contributed by atoms with Crippen molar-refractivity contribution in [3.8, 4) is 6.01 Å². The number of benzene rings is 1. The van der Waals surface area contributed by atoms with Gasteiger partial charge in [-0.05, 0) is 17.9 Å². The average Bonchev–Trinajstić information content (AvgIpc) is 3.23. The van der Waals surface area contributed by atoms with Gasteiger partial charge in [0.2, 0.25) is 0 Å². The molecule has 9 nitrogen and oxygen atoms in total. The molecule has 2 aromatic heterocycles. The molecule has 5 atom stereocenters. The van der Waals surface area contributed by atoms with Crippen LogP contribution in [-0.2, 0) is 6.61 Å². The zero-order valence-corrected chi connectivity index (χ0v) is 15.0. The molecule has 3 aromatic rings. The molecule has 0 radical (unpaired) electrons. The van der Waals surface area contributed by atoms with Crippen LogP contribution < -0.4 is 10.5 Å². The first-order valence-corrected chi connectivity index (χ1v) is 9.19. The predicted molar refractivity (Wildman–Crippen MR) is 99.2 cm³/mol. The molecular formula is C19H21N5O4. The maximum absolute atomic E-state index is 10.6. The largest absolute Gasteiger partial charge is 0.458 e. The Morgan fingerprint density at radius 1 is 1.21 bits per heavy atom.